The van der Waals surface area contributed by atoms with E-state index in [4.69, 9.17) is 40.2 Å². The molecular formula is C14H20Cl2N3OS+. The molecule has 1 aromatic rings. The second-order valence-electron chi connectivity index (χ2n) is 4.98. The molecule has 0 spiro atoms. The number of hydrogen-bond donors (Lipinski definition) is 3. The molecule has 0 unspecified atom stereocenters. The first-order valence-corrected chi connectivity index (χ1v) is 8.23. The van der Waals surface area contributed by atoms with Gasteiger partial charge in [-0.15, -0.1) is 0 Å². The van der Waals surface area contributed by atoms with Crippen molar-refractivity contribution in [2.45, 2.75) is 6.42 Å². The van der Waals surface area contributed by atoms with Gasteiger partial charge in [0.15, 0.2) is 5.11 Å². The number of ether oxygens (including phenoxy) is 1. The molecule has 1 aliphatic heterocycles. The Kier molecular flexibility index (Phi) is 6.99. The maximum absolute atomic E-state index is 5.96. The predicted molar refractivity (Wildman–Crippen MR) is 91.7 cm³/mol. The first-order valence-electron chi connectivity index (χ1n) is 7.06. The maximum atomic E-state index is 5.96. The molecule has 7 heteroatoms. The van der Waals surface area contributed by atoms with Gasteiger partial charge in [0.1, 0.15) is 13.1 Å². The normalized spacial score (nSPS) is 15.7. The molecule has 2 rings (SSSR count). The highest BCUT2D eigenvalue weighted by Gasteiger charge is 2.12. The van der Waals surface area contributed by atoms with E-state index in [2.05, 4.69) is 10.6 Å². The lowest BCUT2D eigenvalue weighted by atomic mass is 10.3. The highest BCUT2D eigenvalue weighted by atomic mass is 35.5. The number of morpholine rings is 1. The van der Waals surface area contributed by atoms with Crippen LogP contribution in [-0.2, 0) is 4.74 Å². The lowest BCUT2D eigenvalue weighted by Gasteiger charge is -2.23. The zero-order valence-corrected chi connectivity index (χ0v) is 14.1. The zero-order valence-electron chi connectivity index (χ0n) is 11.8. The van der Waals surface area contributed by atoms with Gasteiger partial charge in [-0.1, -0.05) is 23.2 Å². The lowest BCUT2D eigenvalue weighted by molar-refractivity contribution is -0.908. The molecule has 0 saturated carbocycles. The van der Waals surface area contributed by atoms with E-state index >= 15 is 0 Å². The van der Waals surface area contributed by atoms with Gasteiger partial charge < -0.3 is 20.3 Å². The summed E-state index contributed by atoms with van der Waals surface area (Å²) in [6.07, 6.45) is 1.08. The largest absolute Gasteiger partial charge is 0.370 e. The van der Waals surface area contributed by atoms with Gasteiger partial charge in [-0.2, -0.15) is 0 Å². The van der Waals surface area contributed by atoms with Crippen LogP contribution in [0.5, 0.6) is 0 Å². The number of quaternary nitrogens is 1. The summed E-state index contributed by atoms with van der Waals surface area (Å²) in [6.45, 7) is 5.96. The lowest BCUT2D eigenvalue weighted by Crippen LogP contribution is -3.14. The van der Waals surface area contributed by atoms with Crippen LogP contribution >= 0.6 is 35.4 Å². The van der Waals surface area contributed by atoms with E-state index in [1.54, 1.807) is 17.0 Å². The molecule has 0 atom stereocenters. The van der Waals surface area contributed by atoms with Crippen LogP contribution < -0.4 is 15.5 Å². The smallest absolute Gasteiger partial charge is 0.170 e. The number of benzene rings is 1. The van der Waals surface area contributed by atoms with Crippen LogP contribution in [-0.4, -0.2) is 44.5 Å². The van der Waals surface area contributed by atoms with E-state index in [-0.39, 0.29) is 0 Å². The molecule has 116 valence electrons. The number of hydrogen-bond acceptors (Lipinski definition) is 2. The van der Waals surface area contributed by atoms with Crippen molar-refractivity contribution >= 4 is 46.2 Å². The van der Waals surface area contributed by atoms with Crippen molar-refractivity contribution < 1.29 is 9.64 Å². The summed E-state index contributed by atoms with van der Waals surface area (Å²) < 4.78 is 5.34. The fraction of sp³-hybridized carbons (Fsp3) is 0.500. The van der Waals surface area contributed by atoms with Crippen molar-refractivity contribution in [3.8, 4) is 0 Å². The Morgan fingerprint density at radius 2 is 2.00 bits per heavy atom. The number of thiocarbonyl (C=S) groups is 1. The topological polar surface area (TPSA) is 37.7 Å². The molecule has 1 fully saturated rings. The average Bonchev–Trinajstić information content (AvgIpc) is 2.49. The monoisotopic (exact) mass is 348 g/mol. The Morgan fingerprint density at radius 3 is 2.71 bits per heavy atom. The van der Waals surface area contributed by atoms with Gasteiger partial charge in [-0.25, -0.2) is 0 Å². The van der Waals surface area contributed by atoms with Crippen LogP contribution in [0.1, 0.15) is 6.42 Å². The van der Waals surface area contributed by atoms with E-state index in [1.165, 1.54) is 0 Å². The Hall–Kier alpha value is -0.590. The molecule has 0 radical (unpaired) electrons. The number of anilines is 1. The molecule has 0 amide bonds. The van der Waals surface area contributed by atoms with Crippen LogP contribution in [0, 0.1) is 0 Å². The van der Waals surface area contributed by atoms with Gasteiger partial charge in [0.2, 0.25) is 0 Å². The highest BCUT2D eigenvalue weighted by Crippen LogP contribution is 2.24. The highest BCUT2D eigenvalue weighted by molar-refractivity contribution is 7.80. The molecule has 4 nitrogen and oxygen atoms in total. The summed E-state index contributed by atoms with van der Waals surface area (Å²) in [4.78, 5) is 1.60. The Bertz CT molecular complexity index is 481. The maximum Gasteiger partial charge on any atom is 0.170 e. The standard InChI is InChI=1S/C14H19Cl2N3OS/c15-12-3-2-11(10-13(12)16)18-14(21)17-4-1-5-19-6-8-20-9-7-19/h2-3,10H,1,4-9H2,(H2,17,18,21)/p+1. The third-order valence-electron chi connectivity index (χ3n) is 3.37. The van der Waals surface area contributed by atoms with Crippen molar-refractivity contribution in [1.82, 2.24) is 5.32 Å². The van der Waals surface area contributed by atoms with Crippen LogP contribution in [0.3, 0.4) is 0 Å². The van der Waals surface area contributed by atoms with E-state index in [0.29, 0.717) is 15.2 Å². The molecule has 0 aliphatic carbocycles. The van der Waals surface area contributed by atoms with Gasteiger partial charge in [-0.3, -0.25) is 0 Å². The Balaban J connectivity index is 1.63. The minimum Gasteiger partial charge on any atom is -0.370 e. The summed E-state index contributed by atoms with van der Waals surface area (Å²) in [6, 6.07) is 5.35. The minimum absolute atomic E-state index is 0.514. The first-order chi connectivity index (χ1) is 10.1. The Labute approximate surface area is 140 Å². The quantitative estimate of drug-likeness (QED) is 0.558. The molecule has 0 aromatic heterocycles. The number of nitrogens with one attached hydrogen (secondary N) is 3. The van der Waals surface area contributed by atoms with Crippen LogP contribution in [0.4, 0.5) is 5.69 Å². The molecule has 1 aliphatic rings. The average molecular weight is 349 g/mol. The van der Waals surface area contributed by atoms with Crippen LogP contribution in [0.25, 0.3) is 0 Å². The second-order valence-corrected chi connectivity index (χ2v) is 6.20. The predicted octanol–water partition coefficient (Wildman–Crippen LogP) is 1.58. The minimum atomic E-state index is 0.514. The van der Waals surface area contributed by atoms with E-state index in [0.717, 1.165) is 51.5 Å². The zero-order chi connectivity index (χ0) is 15.1. The van der Waals surface area contributed by atoms with Gasteiger partial charge >= 0.3 is 0 Å². The van der Waals surface area contributed by atoms with Gasteiger partial charge in [0.25, 0.3) is 0 Å². The van der Waals surface area contributed by atoms with Crippen LogP contribution in [0.15, 0.2) is 18.2 Å². The third kappa shape index (κ3) is 5.96. The molecule has 1 aromatic carbocycles. The fourth-order valence-electron chi connectivity index (χ4n) is 2.20. The molecular weight excluding hydrogens is 329 g/mol. The van der Waals surface area contributed by atoms with Crippen molar-refractivity contribution in [2.75, 3.05) is 44.7 Å². The summed E-state index contributed by atoms with van der Waals surface area (Å²) >= 11 is 17.1. The number of rotatable bonds is 5. The van der Waals surface area contributed by atoms with Crippen molar-refractivity contribution in [2.24, 2.45) is 0 Å². The molecule has 1 heterocycles. The van der Waals surface area contributed by atoms with Gasteiger partial charge in [-0.05, 0) is 30.4 Å². The summed E-state index contributed by atoms with van der Waals surface area (Å²) in [5, 5.41) is 7.96. The Morgan fingerprint density at radius 1 is 1.24 bits per heavy atom. The number of halogens is 2. The molecule has 1 saturated heterocycles. The van der Waals surface area contributed by atoms with E-state index in [1.807, 2.05) is 6.07 Å². The SMILES string of the molecule is S=C(NCCC[NH+]1CCOCC1)Nc1ccc(Cl)c(Cl)c1. The van der Waals surface area contributed by atoms with Crippen molar-refractivity contribution in [3.05, 3.63) is 28.2 Å². The summed E-state index contributed by atoms with van der Waals surface area (Å²) in [5.41, 5.74) is 0.834. The third-order valence-corrected chi connectivity index (χ3v) is 4.36. The molecule has 21 heavy (non-hydrogen) atoms. The molecule has 0 bridgehead atoms. The van der Waals surface area contributed by atoms with Gasteiger partial charge in [0.05, 0.1) is 29.8 Å². The van der Waals surface area contributed by atoms with Crippen LogP contribution in [0.2, 0.25) is 10.0 Å². The summed E-state index contributed by atoms with van der Waals surface area (Å²) in [5.74, 6) is 0. The second kappa shape index (κ2) is 8.76. The first kappa shape index (κ1) is 16.8. The molecule has 3 N–H and O–H groups in total. The van der Waals surface area contributed by atoms with Gasteiger partial charge in [0, 0.05) is 18.7 Å². The van der Waals surface area contributed by atoms with Crippen molar-refractivity contribution in [1.29, 1.82) is 0 Å². The fourth-order valence-corrected chi connectivity index (χ4v) is 2.72. The van der Waals surface area contributed by atoms with E-state index < -0.39 is 0 Å². The summed E-state index contributed by atoms with van der Waals surface area (Å²) in [7, 11) is 0. The van der Waals surface area contributed by atoms with E-state index in [9.17, 15) is 0 Å². The van der Waals surface area contributed by atoms with Crippen molar-refractivity contribution in [3.63, 3.8) is 0 Å².